The van der Waals surface area contributed by atoms with Gasteiger partial charge in [0.25, 0.3) is 5.79 Å². The van der Waals surface area contributed by atoms with Crippen LogP contribution in [0.5, 0.6) is 0 Å². The first-order valence-corrected chi connectivity index (χ1v) is 45.1. The first-order valence-electron chi connectivity index (χ1n) is 45.1. The second-order valence-corrected chi connectivity index (χ2v) is 35.7. The highest BCUT2D eigenvalue weighted by molar-refractivity contribution is 5.77. The number of nitrogens with one attached hydrogen (secondary N) is 5. The molecule has 0 bridgehead atoms. The van der Waals surface area contributed by atoms with E-state index in [4.69, 9.17) is 94.7 Å². The lowest BCUT2D eigenvalue weighted by Gasteiger charge is -2.52. The van der Waals surface area contributed by atoms with Crippen LogP contribution < -0.4 is 26.6 Å². The van der Waals surface area contributed by atoms with Gasteiger partial charge < -0.3 is 285 Å². The van der Waals surface area contributed by atoms with Crippen LogP contribution in [0, 0.1) is 0 Å². The summed E-state index contributed by atoms with van der Waals surface area (Å²) in [6, 6.07) is -9.72. The van der Waals surface area contributed by atoms with E-state index in [0.29, 0.717) is 0 Å². The zero-order chi connectivity index (χ0) is 105. The van der Waals surface area contributed by atoms with Crippen molar-refractivity contribution in [2.24, 2.45) is 0 Å². The molecule has 0 spiro atoms. The minimum atomic E-state index is -3.12. The zero-order valence-corrected chi connectivity index (χ0v) is 76.6. The average molecular weight is 2080 g/mol. The summed E-state index contributed by atoms with van der Waals surface area (Å²) >= 11 is 0. The molecule has 0 radical (unpaired) electrons. The lowest BCUT2D eigenvalue weighted by molar-refractivity contribution is -0.403. The van der Waals surface area contributed by atoms with E-state index in [2.05, 4.69) is 26.6 Å². The molecule has 10 rings (SSSR count). The predicted molar refractivity (Wildman–Crippen MR) is 438 cm³/mol. The van der Waals surface area contributed by atoms with Crippen LogP contribution in [0.25, 0.3) is 0 Å². The molecule has 0 aliphatic carbocycles. The highest BCUT2D eigenvalue weighted by atomic mass is 16.8. The fourth-order valence-electron chi connectivity index (χ4n) is 17.9. The number of hydrogen-bond acceptors (Lipinski definition) is 57. The van der Waals surface area contributed by atoms with Gasteiger partial charge in [0.15, 0.2) is 56.6 Å². The molecule has 63 nitrogen and oxygen atoms in total. The van der Waals surface area contributed by atoms with E-state index in [9.17, 15) is 192 Å². The molecule has 10 saturated heterocycles. The number of aliphatic hydroxyl groups is 31. The van der Waals surface area contributed by atoms with Crippen molar-refractivity contribution in [1.82, 2.24) is 26.6 Å². The number of carbonyl (C=O) groups excluding carboxylic acids is 5. The molecule has 10 aliphatic heterocycles. The Morgan fingerprint density at radius 2 is 0.697 bits per heavy atom. The summed E-state index contributed by atoms with van der Waals surface area (Å²) in [4.78, 5) is 77.5. The van der Waals surface area contributed by atoms with Crippen LogP contribution in [0.3, 0.4) is 0 Å². The Labute approximate surface area is 804 Å². The lowest BCUT2D eigenvalue weighted by atomic mass is 9.88. The Bertz CT molecular complexity index is 3950. The van der Waals surface area contributed by atoms with Crippen molar-refractivity contribution < 1.29 is 287 Å². The van der Waals surface area contributed by atoms with Crippen LogP contribution in [0.15, 0.2) is 0 Å². The van der Waals surface area contributed by atoms with Crippen molar-refractivity contribution in [3.63, 3.8) is 0 Å². The number of carbonyl (C=O) groups is 6. The molecule has 0 aromatic carbocycles. The number of rotatable bonds is 42. The summed E-state index contributed by atoms with van der Waals surface area (Å²) in [6.07, 6.45) is -111. The number of ether oxygens (including phenoxy) is 20. The molecule has 5 amide bonds. The van der Waals surface area contributed by atoms with Gasteiger partial charge in [-0.05, 0) is 6.92 Å². The van der Waals surface area contributed by atoms with E-state index < -0.39 is 451 Å². The van der Waals surface area contributed by atoms with E-state index in [1.165, 1.54) is 6.92 Å². The van der Waals surface area contributed by atoms with Crippen molar-refractivity contribution in [2.45, 2.75) is 385 Å². The van der Waals surface area contributed by atoms with Gasteiger partial charge in [-0.25, -0.2) is 4.79 Å². The maximum atomic E-state index is 13.6. The average Bonchev–Trinajstić information content (AvgIpc) is 0.762. The highest BCUT2D eigenvalue weighted by Crippen LogP contribution is 2.43. The van der Waals surface area contributed by atoms with Gasteiger partial charge in [-0.2, -0.15) is 0 Å². The van der Waals surface area contributed by atoms with Gasteiger partial charge in [0, 0.05) is 41.0 Å². The van der Waals surface area contributed by atoms with Crippen molar-refractivity contribution in [1.29, 1.82) is 0 Å². The van der Waals surface area contributed by atoms with Gasteiger partial charge in [0.1, 0.15) is 250 Å². The van der Waals surface area contributed by atoms with Crippen molar-refractivity contribution in [3.8, 4) is 0 Å². The Hall–Kier alpha value is -5.22. The van der Waals surface area contributed by atoms with Crippen LogP contribution in [0.1, 0.15) is 48.0 Å². The zero-order valence-electron chi connectivity index (χ0n) is 76.6. The van der Waals surface area contributed by atoms with E-state index in [1.54, 1.807) is 0 Å². The maximum Gasteiger partial charge on any atom is 0.364 e. The maximum absolute atomic E-state index is 13.6. The third kappa shape index (κ3) is 26.8. The molecule has 10 fully saturated rings. The molecule has 10 heterocycles. The fourth-order valence-corrected chi connectivity index (χ4v) is 17.9. The number of carboxylic acids is 1. The predicted octanol–water partition coefficient (Wildman–Crippen LogP) is -24.4. The SMILES string of the molecule is CC(=O)N[C@H]1[C@H](O[C@@H]([C@H](O)[C@H](CO)NC(C)=O)[C@H](O)CO)O[C@H](CO)[C@@H](O[C@@H]2O[C@H](CO[C@H]3O[C@H](CO)[C@@H](O)[C@H](O)[C@@H]3O[C@@H]3O[C@H](CO)[C@@H](O[C@@H]4O[C@H](CO[C@]5(C(=O)O)C[C@H](O)[C@@H](NC(C)=O)[C@H]([C@H](O)[C@H](O)CO)O5)[C@H](O)[C@H](O)[C@H]4O)[C@H](O)[C@H]3NC(C)=O)[C@@H](O)[C@H](O[C@H]3O[C@H](CO)[C@@H](O)[C@H](O)[C@@H]3O[C@@H]3O[C@H](CO)[C@@H](O[C@H]4O[C@H](CO)[C@H](O)[C@H](O)[C@H]4O)[C@H](O[C@@H]4O[C@@H](C)[C@@H](O)[C@@H](O)[C@@H]4O)[C@H]3NC(C)=O)[C@@H]2O)[C@@H]1O. The van der Waals surface area contributed by atoms with Gasteiger partial charge >= 0.3 is 5.97 Å². The van der Waals surface area contributed by atoms with E-state index in [-0.39, 0.29) is 0 Å². The Morgan fingerprint density at radius 1 is 0.331 bits per heavy atom. The molecular formula is C79H133N5O58. The number of carboxylic acid groups (broad SMARTS) is 1. The van der Waals surface area contributed by atoms with Crippen LogP contribution in [0.4, 0.5) is 0 Å². The number of aliphatic hydroxyl groups excluding tert-OH is 31. The standard InChI is InChI=1S/C79H133N5O58/c1-19-41(102)51(112)56(117)72(125-19)138-65-40(84-24(6)98)71(131-34(16-93)63(65)137-73-57(118)52(113)44(105)29(11-88)126-73)141-68-55(116)46(107)31(13-90)128-77(68)139-66-48(109)35(132-75(59(66)120)136-62-33(15-92)129-69(38(49(62)110)82-22(4)96)134-60(28(101)10-87)42(103)25(8-85)80-20(2)94)17-123-76-67(54(115)45(106)30(12-89)127-76)140-70-39(83-23(5)97)50(111)61(32(14-91)130-70)135-74-58(119)53(114)47(108)36(133-74)18-124-79(78(121)122)7-26(99)37(81-21(3)95)64(142-79)43(104)27(100)9-86/h19,25-77,85-93,99-120H,7-18H2,1-6H3,(H,80,94)(H,81,95)(H,82,96)(H,83,97)(H,84,98)(H,121,122)/t19-,25-,26-,27+,28+,29+,30+,31+,32+,33+,34+,35+,36+,37+,38+,39+,40+,41+,42+,43+,44-,45+,46+,47-,48+,49+,50+,51+,52-,53-,54-,55-,56-,57+,58+,59-,60+,61+,62+,63+,64+,65+,66-,67-,68-,69-,70-,71-,72-,73+,74-,75-,76-,77+,79+/m0/s1. The monoisotopic (exact) mass is 2080 g/mol. The molecule has 63 heteroatoms. The van der Waals surface area contributed by atoms with Crippen molar-refractivity contribution >= 4 is 35.5 Å². The molecule has 822 valence electrons. The molecular weight excluding hydrogens is 1950 g/mol. The quantitative estimate of drug-likeness (QED) is 0.0270. The third-order valence-electron chi connectivity index (χ3n) is 25.6. The number of aliphatic carboxylic acids is 1. The molecule has 142 heavy (non-hydrogen) atoms. The van der Waals surface area contributed by atoms with Gasteiger partial charge in [0.2, 0.25) is 29.5 Å². The van der Waals surface area contributed by atoms with E-state index in [0.717, 1.165) is 34.6 Å². The fraction of sp³-hybridized carbons (Fsp3) is 0.924. The smallest absolute Gasteiger partial charge is 0.364 e. The summed E-state index contributed by atoms with van der Waals surface area (Å²) < 4.78 is 120. The molecule has 37 N–H and O–H groups in total. The second-order valence-electron chi connectivity index (χ2n) is 35.7. The first-order chi connectivity index (χ1) is 66.9. The molecule has 0 unspecified atom stereocenters. The lowest BCUT2D eigenvalue weighted by Crippen LogP contribution is -2.71. The summed E-state index contributed by atoms with van der Waals surface area (Å²) in [6.45, 7) is -7.83. The van der Waals surface area contributed by atoms with Gasteiger partial charge in [-0.15, -0.1) is 0 Å². The topological polar surface area (TPSA) is 995 Å². The molecule has 10 aliphatic rings. The Morgan fingerprint density at radius 3 is 1.17 bits per heavy atom. The molecule has 0 aromatic heterocycles. The third-order valence-corrected chi connectivity index (χ3v) is 25.6. The van der Waals surface area contributed by atoms with Gasteiger partial charge in [0.05, 0.1) is 97.0 Å². The molecule has 0 aromatic rings. The van der Waals surface area contributed by atoms with Crippen molar-refractivity contribution in [3.05, 3.63) is 0 Å². The van der Waals surface area contributed by atoms with E-state index in [1.807, 2.05) is 0 Å². The van der Waals surface area contributed by atoms with Crippen molar-refractivity contribution in [2.75, 3.05) is 72.7 Å². The number of hydrogen-bond donors (Lipinski definition) is 37. The summed E-state index contributed by atoms with van der Waals surface area (Å²) in [7, 11) is 0. The van der Waals surface area contributed by atoms with Crippen LogP contribution in [0.2, 0.25) is 0 Å². The highest BCUT2D eigenvalue weighted by Gasteiger charge is 2.64. The minimum Gasteiger partial charge on any atom is -0.477 e. The minimum absolute atomic E-state index is 0.854. The van der Waals surface area contributed by atoms with Crippen LogP contribution in [-0.4, -0.2) is 608 Å². The summed E-state index contributed by atoms with van der Waals surface area (Å²) in [5.41, 5.74) is 0. The van der Waals surface area contributed by atoms with Crippen LogP contribution >= 0.6 is 0 Å². The summed E-state index contributed by atoms with van der Waals surface area (Å²) in [5, 5.41) is 370. The first kappa shape index (κ1) is 119. The van der Waals surface area contributed by atoms with Gasteiger partial charge in [-0.3, -0.25) is 24.0 Å². The largest absolute Gasteiger partial charge is 0.477 e. The van der Waals surface area contributed by atoms with Crippen LogP contribution in [-0.2, 0) is 124 Å². The van der Waals surface area contributed by atoms with E-state index >= 15 is 0 Å². The molecule has 0 saturated carbocycles. The normalized spacial score (nSPS) is 45.7. The Kier molecular flexibility index (Phi) is 43.5. The second kappa shape index (κ2) is 52.0. The van der Waals surface area contributed by atoms with Gasteiger partial charge in [-0.1, -0.05) is 0 Å². The Balaban J connectivity index is 0.992. The molecule has 55 atom stereocenters. The number of amides is 5. The summed E-state index contributed by atoms with van der Waals surface area (Å²) in [5.74, 6) is -10.1.